The Bertz CT molecular complexity index is 219. The van der Waals surface area contributed by atoms with E-state index in [-0.39, 0.29) is 12.5 Å². The van der Waals surface area contributed by atoms with Crippen molar-refractivity contribution in [3.05, 3.63) is 0 Å². The molecule has 0 fully saturated rings. The summed E-state index contributed by atoms with van der Waals surface area (Å²) in [5.74, 6) is -1.68. The van der Waals surface area contributed by atoms with Gasteiger partial charge in [-0.25, -0.2) is 0 Å². The summed E-state index contributed by atoms with van der Waals surface area (Å²) in [5, 5.41) is 11.3. The number of carboxylic acids is 1. The Morgan fingerprint density at radius 3 is 2.40 bits per heavy atom. The summed E-state index contributed by atoms with van der Waals surface area (Å²) in [4.78, 5) is 22.0. The van der Waals surface area contributed by atoms with Gasteiger partial charge in [-0.1, -0.05) is 20.3 Å². The molecule has 1 amide bonds. The molecule has 0 saturated carbocycles. The Hall–Kier alpha value is -1.10. The van der Waals surface area contributed by atoms with Crippen molar-refractivity contribution in [3.8, 4) is 0 Å². The number of hydrogen-bond donors (Lipinski definition) is 3. The van der Waals surface area contributed by atoms with Gasteiger partial charge in [0.25, 0.3) is 0 Å². The molecule has 88 valence electrons. The maximum atomic E-state index is 11.3. The molecule has 0 heterocycles. The van der Waals surface area contributed by atoms with E-state index in [0.29, 0.717) is 12.8 Å². The van der Waals surface area contributed by atoms with E-state index in [4.69, 9.17) is 10.8 Å². The van der Waals surface area contributed by atoms with Crippen molar-refractivity contribution in [1.29, 1.82) is 0 Å². The van der Waals surface area contributed by atoms with Gasteiger partial charge in [0.15, 0.2) is 0 Å². The molecule has 0 aliphatic heterocycles. The van der Waals surface area contributed by atoms with Crippen LogP contribution in [0, 0.1) is 5.92 Å². The molecule has 0 rings (SSSR count). The molecule has 15 heavy (non-hydrogen) atoms. The van der Waals surface area contributed by atoms with Crippen molar-refractivity contribution < 1.29 is 14.7 Å². The van der Waals surface area contributed by atoms with Gasteiger partial charge in [-0.15, -0.1) is 0 Å². The van der Waals surface area contributed by atoms with Crippen LogP contribution in [0.2, 0.25) is 0 Å². The van der Waals surface area contributed by atoms with E-state index in [1.807, 2.05) is 6.92 Å². The minimum atomic E-state index is -0.887. The van der Waals surface area contributed by atoms with E-state index in [2.05, 4.69) is 5.32 Å². The van der Waals surface area contributed by atoms with Gasteiger partial charge in [0.05, 0.1) is 12.0 Å². The predicted octanol–water partition coefficient (Wildman–Crippen LogP) is 0.341. The molecule has 0 bridgehead atoms. The van der Waals surface area contributed by atoms with E-state index < -0.39 is 17.9 Å². The zero-order valence-corrected chi connectivity index (χ0v) is 9.32. The highest BCUT2D eigenvalue weighted by molar-refractivity contribution is 5.82. The third-order valence-corrected chi connectivity index (χ3v) is 2.30. The number of nitrogens with two attached hydrogens (primary N) is 1. The molecule has 0 aromatic carbocycles. The summed E-state index contributed by atoms with van der Waals surface area (Å²) >= 11 is 0. The van der Waals surface area contributed by atoms with Crippen molar-refractivity contribution >= 4 is 11.9 Å². The van der Waals surface area contributed by atoms with Gasteiger partial charge in [0.2, 0.25) is 5.91 Å². The quantitative estimate of drug-likeness (QED) is 0.572. The Balaban J connectivity index is 3.92. The lowest BCUT2D eigenvalue weighted by Gasteiger charge is -2.14. The van der Waals surface area contributed by atoms with E-state index in [1.54, 1.807) is 6.92 Å². The fourth-order valence-corrected chi connectivity index (χ4v) is 1.20. The van der Waals surface area contributed by atoms with Crippen LogP contribution in [0.5, 0.6) is 0 Å². The lowest BCUT2D eigenvalue weighted by Crippen LogP contribution is -2.43. The summed E-state index contributed by atoms with van der Waals surface area (Å²) < 4.78 is 0. The molecule has 0 saturated heterocycles. The fourth-order valence-electron chi connectivity index (χ4n) is 1.20. The number of carbonyl (C=O) groups is 2. The second-order valence-electron chi connectivity index (χ2n) is 3.58. The van der Waals surface area contributed by atoms with Crippen LogP contribution in [0.15, 0.2) is 0 Å². The predicted molar refractivity (Wildman–Crippen MR) is 57.3 cm³/mol. The largest absolute Gasteiger partial charge is 0.481 e. The fraction of sp³-hybridized carbons (Fsp3) is 0.800. The minimum Gasteiger partial charge on any atom is -0.481 e. The highest BCUT2D eigenvalue weighted by Crippen LogP contribution is 2.01. The normalized spacial score (nSPS) is 14.3. The third-order valence-electron chi connectivity index (χ3n) is 2.30. The highest BCUT2D eigenvalue weighted by Gasteiger charge is 2.18. The molecule has 0 aliphatic carbocycles. The summed E-state index contributed by atoms with van der Waals surface area (Å²) in [7, 11) is 0. The van der Waals surface area contributed by atoms with Gasteiger partial charge in [-0.3, -0.25) is 9.59 Å². The molecular weight excluding hydrogens is 196 g/mol. The number of carbonyl (C=O) groups excluding carboxylic acids is 1. The molecule has 0 aromatic rings. The first kappa shape index (κ1) is 13.9. The van der Waals surface area contributed by atoms with Gasteiger partial charge in [-0.2, -0.15) is 0 Å². The van der Waals surface area contributed by atoms with Crippen LogP contribution < -0.4 is 11.1 Å². The summed E-state index contributed by atoms with van der Waals surface area (Å²) in [5.41, 5.74) is 5.57. The third kappa shape index (κ3) is 5.37. The highest BCUT2D eigenvalue weighted by atomic mass is 16.4. The van der Waals surface area contributed by atoms with Crippen LogP contribution in [0.3, 0.4) is 0 Å². The molecule has 4 N–H and O–H groups in total. The van der Waals surface area contributed by atoms with Crippen molar-refractivity contribution in [3.63, 3.8) is 0 Å². The van der Waals surface area contributed by atoms with Gasteiger partial charge in [0.1, 0.15) is 0 Å². The molecule has 1 unspecified atom stereocenters. The zero-order valence-electron chi connectivity index (χ0n) is 9.32. The van der Waals surface area contributed by atoms with Crippen molar-refractivity contribution in [2.24, 2.45) is 11.7 Å². The molecule has 5 heteroatoms. The van der Waals surface area contributed by atoms with Crippen LogP contribution >= 0.6 is 0 Å². The number of nitrogens with one attached hydrogen (secondary N) is 1. The Labute approximate surface area is 90.0 Å². The second-order valence-corrected chi connectivity index (χ2v) is 3.58. The standard InChI is InChI=1S/C10H20N2O3/c1-3-5-8(11)9(13)12-6-7(4-2)10(14)15/h7-8H,3-6,11H2,1-2H3,(H,12,13)(H,14,15)/t7?,8-/m0/s1. The second kappa shape index (κ2) is 7.23. The summed E-state index contributed by atoms with van der Waals surface area (Å²) in [6, 6.07) is -0.527. The van der Waals surface area contributed by atoms with Gasteiger partial charge in [-0.05, 0) is 12.8 Å². The SMILES string of the molecule is CCC[C@H](N)C(=O)NCC(CC)C(=O)O. The summed E-state index contributed by atoms with van der Waals surface area (Å²) in [6.07, 6.45) is 1.96. The minimum absolute atomic E-state index is 0.155. The van der Waals surface area contributed by atoms with Crippen molar-refractivity contribution in [2.75, 3.05) is 6.54 Å². The Morgan fingerprint density at radius 1 is 1.40 bits per heavy atom. The molecular formula is C10H20N2O3. The average molecular weight is 216 g/mol. The number of amides is 1. The zero-order chi connectivity index (χ0) is 11.8. The Morgan fingerprint density at radius 2 is 2.00 bits per heavy atom. The maximum absolute atomic E-state index is 11.3. The monoisotopic (exact) mass is 216 g/mol. The summed E-state index contributed by atoms with van der Waals surface area (Å²) in [6.45, 7) is 3.87. The van der Waals surface area contributed by atoms with Gasteiger partial charge < -0.3 is 16.2 Å². The van der Waals surface area contributed by atoms with Crippen LogP contribution in [-0.2, 0) is 9.59 Å². The van der Waals surface area contributed by atoms with Crippen LogP contribution in [0.25, 0.3) is 0 Å². The van der Waals surface area contributed by atoms with Crippen LogP contribution in [0.4, 0.5) is 0 Å². The smallest absolute Gasteiger partial charge is 0.308 e. The molecule has 0 spiro atoms. The molecule has 2 atom stereocenters. The molecule has 0 aliphatic rings. The average Bonchev–Trinajstić information content (AvgIpc) is 2.18. The first-order valence-electron chi connectivity index (χ1n) is 5.29. The molecule has 0 radical (unpaired) electrons. The van der Waals surface area contributed by atoms with Crippen LogP contribution in [0.1, 0.15) is 33.1 Å². The first-order valence-corrected chi connectivity index (χ1v) is 5.29. The van der Waals surface area contributed by atoms with E-state index in [1.165, 1.54) is 0 Å². The lowest BCUT2D eigenvalue weighted by molar-refractivity contribution is -0.141. The molecule has 5 nitrogen and oxygen atoms in total. The van der Waals surface area contributed by atoms with Crippen molar-refractivity contribution in [2.45, 2.75) is 39.2 Å². The number of rotatable bonds is 7. The topological polar surface area (TPSA) is 92.4 Å². The molecule has 0 aromatic heterocycles. The van der Waals surface area contributed by atoms with Gasteiger partial charge in [0, 0.05) is 6.54 Å². The first-order chi connectivity index (χ1) is 7.02. The number of hydrogen-bond acceptors (Lipinski definition) is 3. The van der Waals surface area contributed by atoms with Crippen LogP contribution in [-0.4, -0.2) is 29.6 Å². The number of aliphatic carboxylic acids is 1. The lowest BCUT2D eigenvalue weighted by atomic mass is 10.1. The van der Waals surface area contributed by atoms with Gasteiger partial charge >= 0.3 is 5.97 Å². The van der Waals surface area contributed by atoms with E-state index in [9.17, 15) is 9.59 Å². The van der Waals surface area contributed by atoms with E-state index >= 15 is 0 Å². The number of carboxylic acid groups (broad SMARTS) is 1. The van der Waals surface area contributed by atoms with E-state index in [0.717, 1.165) is 6.42 Å². The maximum Gasteiger partial charge on any atom is 0.308 e. The van der Waals surface area contributed by atoms with Crippen molar-refractivity contribution in [1.82, 2.24) is 5.32 Å². The Kier molecular flexibility index (Phi) is 6.70.